The number of amides is 1. The number of carbonyl (C=O) groups is 1. The van der Waals surface area contributed by atoms with Crippen molar-refractivity contribution < 1.29 is 22.7 Å². The van der Waals surface area contributed by atoms with Crippen molar-refractivity contribution in [2.24, 2.45) is 5.92 Å². The third-order valence-corrected chi connectivity index (χ3v) is 7.60. The van der Waals surface area contributed by atoms with E-state index < -0.39 is 16.1 Å². The molecule has 1 amide bonds. The van der Waals surface area contributed by atoms with Gasteiger partial charge in [-0.2, -0.15) is 0 Å². The molecule has 186 valence electrons. The van der Waals surface area contributed by atoms with E-state index in [-0.39, 0.29) is 22.3 Å². The Hall–Kier alpha value is -2.58. The van der Waals surface area contributed by atoms with Crippen molar-refractivity contribution in [3.05, 3.63) is 53.6 Å². The van der Waals surface area contributed by atoms with E-state index in [1.807, 2.05) is 24.3 Å². The molecule has 0 spiro atoms. The molecule has 1 heterocycles. The van der Waals surface area contributed by atoms with E-state index >= 15 is 0 Å². The third kappa shape index (κ3) is 6.51. The van der Waals surface area contributed by atoms with Gasteiger partial charge in [0, 0.05) is 19.1 Å². The number of ether oxygens (including phenoxy) is 2. The summed E-state index contributed by atoms with van der Waals surface area (Å²) in [5.41, 5.74) is 1.13. The van der Waals surface area contributed by atoms with E-state index in [0.717, 1.165) is 31.2 Å². The number of rotatable bonds is 9. The molecule has 1 N–H and O–H groups in total. The van der Waals surface area contributed by atoms with E-state index in [4.69, 9.17) is 9.47 Å². The molecule has 1 aliphatic rings. The normalized spacial score (nSPS) is 15.6. The molecule has 1 unspecified atom stereocenters. The summed E-state index contributed by atoms with van der Waals surface area (Å²) < 4.78 is 40.3. The van der Waals surface area contributed by atoms with Crippen LogP contribution in [0.25, 0.3) is 0 Å². The average Bonchev–Trinajstić information content (AvgIpc) is 3.12. The molecule has 2 aromatic rings. The van der Waals surface area contributed by atoms with Crippen LogP contribution in [-0.2, 0) is 10.0 Å². The summed E-state index contributed by atoms with van der Waals surface area (Å²) in [6, 6.07) is 11.5. The molecule has 34 heavy (non-hydrogen) atoms. The second-order valence-electron chi connectivity index (χ2n) is 9.15. The van der Waals surface area contributed by atoms with Crippen LogP contribution in [0.4, 0.5) is 0 Å². The number of hydrogen-bond donors (Lipinski definition) is 1. The van der Waals surface area contributed by atoms with Crippen LogP contribution in [0, 0.1) is 5.92 Å². The monoisotopic (exact) mass is 488 g/mol. The predicted molar refractivity (Wildman–Crippen MR) is 133 cm³/mol. The molecule has 1 saturated heterocycles. The lowest BCUT2D eigenvalue weighted by Gasteiger charge is -2.23. The Labute approximate surface area is 203 Å². The fourth-order valence-electron chi connectivity index (χ4n) is 4.28. The SMILES string of the molecule is COc1ccc(C(CC(C)C)NS(=O)(=O)c2ccc(OC)c(C(=O)N3CCCCCC3)c2)cc1. The fourth-order valence-corrected chi connectivity index (χ4v) is 5.54. The maximum absolute atomic E-state index is 13.4. The van der Waals surface area contributed by atoms with Gasteiger partial charge in [-0.3, -0.25) is 4.79 Å². The summed E-state index contributed by atoms with van der Waals surface area (Å²) in [7, 11) is -0.811. The minimum absolute atomic E-state index is 0.0498. The number of nitrogens with zero attached hydrogens (tertiary/aromatic N) is 1. The van der Waals surface area contributed by atoms with Crippen LogP contribution >= 0.6 is 0 Å². The first-order chi connectivity index (χ1) is 16.2. The summed E-state index contributed by atoms with van der Waals surface area (Å²) in [5.74, 6) is 1.17. The number of methoxy groups -OCH3 is 2. The highest BCUT2D eigenvalue weighted by Crippen LogP contribution is 2.29. The van der Waals surface area contributed by atoms with Gasteiger partial charge in [0.2, 0.25) is 10.0 Å². The van der Waals surface area contributed by atoms with Gasteiger partial charge in [0.25, 0.3) is 5.91 Å². The number of nitrogens with one attached hydrogen (secondary N) is 1. The van der Waals surface area contributed by atoms with Gasteiger partial charge in [0.1, 0.15) is 11.5 Å². The summed E-state index contributed by atoms with van der Waals surface area (Å²) in [6.07, 6.45) is 4.73. The van der Waals surface area contributed by atoms with Gasteiger partial charge in [-0.15, -0.1) is 0 Å². The molecule has 0 bridgehead atoms. The Morgan fingerprint density at radius 3 is 2.18 bits per heavy atom. The van der Waals surface area contributed by atoms with Crippen LogP contribution in [-0.4, -0.2) is 46.5 Å². The predicted octanol–water partition coefficient (Wildman–Crippen LogP) is 4.79. The molecule has 8 heteroatoms. The van der Waals surface area contributed by atoms with Crippen LogP contribution in [0.1, 0.15) is 67.9 Å². The lowest BCUT2D eigenvalue weighted by molar-refractivity contribution is 0.0758. The molecule has 0 aliphatic carbocycles. The average molecular weight is 489 g/mol. The molecule has 0 aromatic heterocycles. The van der Waals surface area contributed by atoms with E-state index in [2.05, 4.69) is 18.6 Å². The fraction of sp³-hybridized carbons (Fsp3) is 0.500. The standard InChI is InChI=1S/C26H36N2O5S/c1-19(2)17-24(20-9-11-21(32-3)12-10-20)27-34(30,31)22-13-14-25(33-4)23(18-22)26(29)28-15-7-5-6-8-16-28/h9-14,18-19,24,27H,5-8,15-17H2,1-4H3. The molecule has 0 radical (unpaired) electrons. The lowest BCUT2D eigenvalue weighted by atomic mass is 9.98. The highest BCUT2D eigenvalue weighted by Gasteiger charge is 2.26. The zero-order chi connectivity index (χ0) is 24.7. The maximum atomic E-state index is 13.4. The first-order valence-corrected chi connectivity index (χ1v) is 13.4. The number of benzene rings is 2. The first kappa shape index (κ1) is 26.0. The van der Waals surface area contributed by atoms with Gasteiger partial charge in [0.15, 0.2) is 0 Å². The Bertz CT molecular complexity index is 1060. The molecule has 1 aliphatic heterocycles. The molecule has 2 aromatic carbocycles. The third-order valence-electron chi connectivity index (χ3n) is 6.13. The largest absolute Gasteiger partial charge is 0.497 e. The minimum Gasteiger partial charge on any atom is -0.497 e. The molecule has 1 atom stereocenters. The van der Waals surface area contributed by atoms with Crippen molar-refractivity contribution in [2.45, 2.75) is 56.9 Å². The van der Waals surface area contributed by atoms with Crippen LogP contribution in [0.15, 0.2) is 47.4 Å². The van der Waals surface area contributed by atoms with E-state index in [0.29, 0.717) is 31.0 Å². The van der Waals surface area contributed by atoms with Crippen molar-refractivity contribution in [3.8, 4) is 11.5 Å². The van der Waals surface area contributed by atoms with Crippen molar-refractivity contribution in [3.63, 3.8) is 0 Å². The van der Waals surface area contributed by atoms with Crippen molar-refractivity contribution >= 4 is 15.9 Å². The van der Waals surface area contributed by atoms with Crippen molar-refractivity contribution in [1.29, 1.82) is 0 Å². The van der Waals surface area contributed by atoms with E-state index in [1.165, 1.54) is 19.2 Å². The Kier molecular flexibility index (Phi) is 8.97. The zero-order valence-electron chi connectivity index (χ0n) is 20.5. The van der Waals surface area contributed by atoms with Crippen LogP contribution in [0.5, 0.6) is 11.5 Å². The Morgan fingerprint density at radius 1 is 0.971 bits per heavy atom. The minimum atomic E-state index is -3.90. The summed E-state index contributed by atoms with van der Waals surface area (Å²) in [5, 5.41) is 0. The van der Waals surface area contributed by atoms with E-state index in [1.54, 1.807) is 18.1 Å². The second-order valence-corrected chi connectivity index (χ2v) is 10.9. The molecular weight excluding hydrogens is 452 g/mol. The summed E-state index contributed by atoms with van der Waals surface area (Å²) in [4.78, 5) is 15.1. The topological polar surface area (TPSA) is 84.9 Å². The molecule has 3 rings (SSSR count). The Balaban J connectivity index is 1.91. The first-order valence-electron chi connectivity index (χ1n) is 11.9. The highest BCUT2D eigenvalue weighted by atomic mass is 32.2. The van der Waals surface area contributed by atoms with Crippen molar-refractivity contribution in [2.75, 3.05) is 27.3 Å². The van der Waals surface area contributed by atoms with Crippen LogP contribution < -0.4 is 14.2 Å². The number of hydrogen-bond acceptors (Lipinski definition) is 5. The smallest absolute Gasteiger partial charge is 0.257 e. The van der Waals surface area contributed by atoms with Gasteiger partial charge in [0.05, 0.1) is 24.7 Å². The second kappa shape index (κ2) is 11.7. The highest BCUT2D eigenvalue weighted by molar-refractivity contribution is 7.89. The number of sulfonamides is 1. The van der Waals surface area contributed by atoms with Gasteiger partial charge < -0.3 is 14.4 Å². The summed E-state index contributed by atoms with van der Waals surface area (Å²) in [6.45, 7) is 5.45. The van der Waals surface area contributed by atoms with Crippen LogP contribution in [0.2, 0.25) is 0 Å². The van der Waals surface area contributed by atoms with Gasteiger partial charge in [-0.25, -0.2) is 13.1 Å². The maximum Gasteiger partial charge on any atom is 0.257 e. The van der Waals surface area contributed by atoms with Crippen molar-refractivity contribution in [1.82, 2.24) is 9.62 Å². The van der Waals surface area contributed by atoms with Gasteiger partial charge in [-0.05, 0) is 61.1 Å². The van der Waals surface area contributed by atoms with Crippen LogP contribution in [0.3, 0.4) is 0 Å². The lowest BCUT2D eigenvalue weighted by Crippen LogP contribution is -2.33. The molecule has 1 fully saturated rings. The zero-order valence-corrected chi connectivity index (χ0v) is 21.4. The summed E-state index contributed by atoms with van der Waals surface area (Å²) >= 11 is 0. The van der Waals surface area contributed by atoms with Gasteiger partial charge in [-0.1, -0.05) is 38.8 Å². The molecule has 7 nitrogen and oxygen atoms in total. The quantitative estimate of drug-likeness (QED) is 0.549. The number of likely N-dealkylation sites (tertiary alicyclic amines) is 1. The van der Waals surface area contributed by atoms with Gasteiger partial charge >= 0.3 is 0 Å². The Morgan fingerprint density at radius 2 is 1.62 bits per heavy atom. The van der Waals surface area contributed by atoms with E-state index in [9.17, 15) is 13.2 Å². The number of carbonyl (C=O) groups excluding carboxylic acids is 1. The molecule has 0 saturated carbocycles. The molecular formula is C26H36N2O5S.